The van der Waals surface area contributed by atoms with Crippen LogP contribution in [-0.2, 0) is 0 Å². The first kappa shape index (κ1) is 15.0. The third-order valence-electron chi connectivity index (χ3n) is 3.06. The number of rotatable bonds is 4. The van der Waals surface area contributed by atoms with Crippen molar-refractivity contribution in [3.8, 4) is 0 Å². The molecule has 0 fully saturated rings. The third kappa shape index (κ3) is 3.56. The Hall–Kier alpha value is -2.43. The summed E-state index contributed by atoms with van der Waals surface area (Å²) in [5.74, 6) is 0.0881. The standard InChI is InChI=1S/C16H18FN3O/c1-4-18-15-9-12(8-11(2)19-15)16(21)20(3)14-7-5-6-13(17)10-14/h5-10H,4H2,1-3H3,(H,18,19). The fourth-order valence-corrected chi connectivity index (χ4v) is 2.06. The SMILES string of the molecule is CCNc1cc(C(=O)N(C)c2cccc(F)c2)cc(C)n1. The Bertz CT molecular complexity index is 658. The number of pyridine rings is 1. The van der Waals surface area contributed by atoms with Gasteiger partial charge in [-0.3, -0.25) is 4.79 Å². The Balaban J connectivity index is 2.31. The minimum Gasteiger partial charge on any atom is -0.370 e. The van der Waals surface area contributed by atoms with E-state index in [2.05, 4.69) is 10.3 Å². The van der Waals surface area contributed by atoms with E-state index in [0.717, 1.165) is 12.2 Å². The molecule has 1 N–H and O–H groups in total. The van der Waals surface area contributed by atoms with E-state index in [1.807, 2.05) is 13.8 Å². The van der Waals surface area contributed by atoms with Crippen molar-refractivity contribution < 1.29 is 9.18 Å². The van der Waals surface area contributed by atoms with Gasteiger partial charge in [-0.15, -0.1) is 0 Å². The van der Waals surface area contributed by atoms with Gasteiger partial charge in [0.05, 0.1) is 0 Å². The fraction of sp³-hybridized carbons (Fsp3) is 0.250. The fourth-order valence-electron chi connectivity index (χ4n) is 2.06. The lowest BCUT2D eigenvalue weighted by molar-refractivity contribution is 0.0993. The van der Waals surface area contributed by atoms with Crippen molar-refractivity contribution in [3.63, 3.8) is 0 Å². The molecule has 0 spiro atoms. The van der Waals surface area contributed by atoms with Gasteiger partial charge in [-0.25, -0.2) is 9.37 Å². The van der Waals surface area contributed by atoms with E-state index >= 15 is 0 Å². The largest absolute Gasteiger partial charge is 0.370 e. The van der Waals surface area contributed by atoms with E-state index in [-0.39, 0.29) is 11.7 Å². The predicted molar refractivity (Wildman–Crippen MR) is 82.3 cm³/mol. The highest BCUT2D eigenvalue weighted by Crippen LogP contribution is 2.18. The first-order valence-corrected chi connectivity index (χ1v) is 6.77. The van der Waals surface area contributed by atoms with E-state index in [4.69, 9.17) is 0 Å². The van der Waals surface area contributed by atoms with Gasteiger partial charge in [-0.1, -0.05) is 6.07 Å². The molecule has 0 aliphatic rings. The van der Waals surface area contributed by atoms with Crippen LogP contribution in [0.15, 0.2) is 36.4 Å². The summed E-state index contributed by atoms with van der Waals surface area (Å²) in [5, 5.41) is 3.09. The zero-order valence-corrected chi connectivity index (χ0v) is 12.4. The van der Waals surface area contributed by atoms with Gasteiger partial charge in [0, 0.05) is 30.5 Å². The summed E-state index contributed by atoms with van der Waals surface area (Å²) >= 11 is 0. The molecule has 0 aliphatic heterocycles. The zero-order valence-electron chi connectivity index (χ0n) is 12.4. The number of aromatic nitrogens is 1. The van der Waals surface area contributed by atoms with Crippen LogP contribution in [0.3, 0.4) is 0 Å². The molecule has 0 saturated carbocycles. The Morgan fingerprint density at radius 2 is 2.10 bits per heavy atom. The summed E-state index contributed by atoms with van der Waals surface area (Å²) in [6.45, 7) is 4.52. The van der Waals surface area contributed by atoms with E-state index in [1.165, 1.54) is 17.0 Å². The molecule has 0 unspecified atom stereocenters. The van der Waals surface area contributed by atoms with Gasteiger partial charge in [-0.05, 0) is 44.2 Å². The van der Waals surface area contributed by atoms with Gasteiger partial charge >= 0.3 is 0 Å². The van der Waals surface area contributed by atoms with Crippen molar-refractivity contribution in [1.29, 1.82) is 0 Å². The number of benzene rings is 1. The molecule has 0 aliphatic carbocycles. The third-order valence-corrected chi connectivity index (χ3v) is 3.06. The van der Waals surface area contributed by atoms with E-state index in [1.54, 1.807) is 31.3 Å². The van der Waals surface area contributed by atoms with Gasteiger partial charge in [0.25, 0.3) is 5.91 Å². The van der Waals surface area contributed by atoms with Crippen molar-refractivity contribution in [2.24, 2.45) is 0 Å². The summed E-state index contributed by atoms with van der Waals surface area (Å²) in [4.78, 5) is 18.2. The van der Waals surface area contributed by atoms with Crippen LogP contribution >= 0.6 is 0 Å². The number of carbonyl (C=O) groups excluding carboxylic acids is 1. The molecular formula is C16H18FN3O. The van der Waals surface area contributed by atoms with Gasteiger partial charge in [-0.2, -0.15) is 0 Å². The Morgan fingerprint density at radius 1 is 1.33 bits per heavy atom. The number of hydrogen-bond donors (Lipinski definition) is 1. The molecule has 1 heterocycles. The average molecular weight is 287 g/mol. The van der Waals surface area contributed by atoms with Crippen molar-refractivity contribution in [3.05, 3.63) is 53.5 Å². The highest BCUT2D eigenvalue weighted by atomic mass is 19.1. The summed E-state index contributed by atoms with van der Waals surface area (Å²) in [6.07, 6.45) is 0. The van der Waals surface area contributed by atoms with Crippen LogP contribution in [0.5, 0.6) is 0 Å². The summed E-state index contributed by atoms with van der Waals surface area (Å²) in [5.41, 5.74) is 1.79. The van der Waals surface area contributed by atoms with E-state index < -0.39 is 0 Å². The quantitative estimate of drug-likeness (QED) is 0.939. The molecule has 1 aromatic heterocycles. The second-order valence-electron chi connectivity index (χ2n) is 4.76. The highest BCUT2D eigenvalue weighted by Gasteiger charge is 2.15. The first-order chi connectivity index (χ1) is 10.0. The first-order valence-electron chi connectivity index (χ1n) is 6.77. The van der Waals surface area contributed by atoms with Gasteiger partial charge in [0.1, 0.15) is 11.6 Å². The molecule has 21 heavy (non-hydrogen) atoms. The monoisotopic (exact) mass is 287 g/mol. The van der Waals surface area contributed by atoms with Crippen molar-refractivity contribution in [2.75, 3.05) is 23.8 Å². The molecule has 5 heteroatoms. The summed E-state index contributed by atoms with van der Waals surface area (Å²) < 4.78 is 13.3. The van der Waals surface area contributed by atoms with Crippen molar-refractivity contribution in [2.45, 2.75) is 13.8 Å². The number of nitrogens with zero attached hydrogens (tertiary/aromatic N) is 2. The van der Waals surface area contributed by atoms with E-state index in [0.29, 0.717) is 17.1 Å². The van der Waals surface area contributed by atoms with Gasteiger partial charge < -0.3 is 10.2 Å². The number of hydrogen-bond acceptors (Lipinski definition) is 3. The molecular weight excluding hydrogens is 269 g/mol. The number of aryl methyl sites for hydroxylation is 1. The number of nitrogens with one attached hydrogen (secondary N) is 1. The maximum atomic E-state index is 13.3. The molecule has 0 radical (unpaired) electrons. The Kier molecular flexibility index (Phi) is 4.52. The minimum absolute atomic E-state index is 0.203. The van der Waals surface area contributed by atoms with Crippen molar-refractivity contribution >= 4 is 17.4 Å². The van der Waals surface area contributed by atoms with Gasteiger partial charge in [0.15, 0.2) is 0 Å². The summed E-state index contributed by atoms with van der Waals surface area (Å²) in [6, 6.07) is 9.38. The van der Waals surface area contributed by atoms with Crippen LogP contribution in [-0.4, -0.2) is 24.5 Å². The maximum absolute atomic E-state index is 13.3. The molecule has 1 amide bonds. The molecule has 1 aromatic carbocycles. The lowest BCUT2D eigenvalue weighted by Gasteiger charge is -2.18. The molecule has 0 atom stereocenters. The Labute approximate surface area is 123 Å². The van der Waals surface area contributed by atoms with Crippen LogP contribution in [0.4, 0.5) is 15.9 Å². The van der Waals surface area contributed by atoms with Crippen LogP contribution in [0.1, 0.15) is 23.0 Å². The number of anilines is 2. The normalized spacial score (nSPS) is 10.3. The van der Waals surface area contributed by atoms with Crippen LogP contribution < -0.4 is 10.2 Å². The molecule has 2 rings (SSSR count). The number of amides is 1. The van der Waals surface area contributed by atoms with Crippen molar-refractivity contribution in [1.82, 2.24) is 4.98 Å². The van der Waals surface area contributed by atoms with Crippen LogP contribution in [0.25, 0.3) is 0 Å². The molecule has 0 bridgehead atoms. The lowest BCUT2D eigenvalue weighted by atomic mass is 10.2. The highest BCUT2D eigenvalue weighted by molar-refractivity contribution is 6.06. The topological polar surface area (TPSA) is 45.2 Å². The number of carbonyl (C=O) groups is 1. The van der Waals surface area contributed by atoms with Crippen LogP contribution in [0.2, 0.25) is 0 Å². The molecule has 110 valence electrons. The summed E-state index contributed by atoms with van der Waals surface area (Å²) in [7, 11) is 1.62. The lowest BCUT2D eigenvalue weighted by Crippen LogP contribution is -2.26. The van der Waals surface area contributed by atoms with Gasteiger partial charge in [0.2, 0.25) is 0 Å². The predicted octanol–water partition coefficient (Wildman–Crippen LogP) is 3.24. The Morgan fingerprint density at radius 3 is 2.76 bits per heavy atom. The molecule has 4 nitrogen and oxygen atoms in total. The average Bonchev–Trinajstić information content (AvgIpc) is 2.45. The smallest absolute Gasteiger partial charge is 0.258 e. The molecule has 2 aromatic rings. The zero-order chi connectivity index (χ0) is 15.4. The second kappa shape index (κ2) is 6.35. The second-order valence-corrected chi connectivity index (χ2v) is 4.76. The van der Waals surface area contributed by atoms with Crippen LogP contribution in [0, 0.1) is 12.7 Å². The number of halogens is 1. The minimum atomic E-state index is -0.369. The molecule has 0 saturated heterocycles. The van der Waals surface area contributed by atoms with E-state index in [9.17, 15) is 9.18 Å². The maximum Gasteiger partial charge on any atom is 0.258 e.